The van der Waals surface area contributed by atoms with Crippen molar-refractivity contribution in [3.05, 3.63) is 70.8 Å². The fourth-order valence-electron chi connectivity index (χ4n) is 4.04. The van der Waals surface area contributed by atoms with E-state index in [1.54, 1.807) is 6.07 Å². The summed E-state index contributed by atoms with van der Waals surface area (Å²) in [6.45, 7) is 8.71. The van der Waals surface area contributed by atoms with Crippen molar-refractivity contribution < 1.29 is 8.95 Å². The molecule has 0 saturated carbocycles. The van der Waals surface area contributed by atoms with Gasteiger partial charge in [0, 0.05) is 13.1 Å². The lowest BCUT2D eigenvalue weighted by Crippen LogP contribution is -2.29. The van der Waals surface area contributed by atoms with Crippen molar-refractivity contribution in [3.63, 3.8) is 0 Å². The maximum absolute atomic E-state index is 13.5. The summed E-state index contributed by atoms with van der Waals surface area (Å²) < 4.78 is 19.0. The van der Waals surface area contributed by atoms with E-state index in [1.165, 1.54) is 5.56 Å². The highest BCUT2D eigenvalue weighted by molar-refractivity contribution is 7.85. The van der Waals surface area contributed by atoms with E-state index in [1.807, 2.05) is 37.3 Å². The van der Waals surface area contributed by atoms with Crippen LogP contribution in [0.2, 0.25) is 0 Å². The number of hydrogen-bond acceptors (Lipinski definition) is 6. The third-order valence-electron chi connectivity index (χ3n) is 5.84. The minimum atomic E-state index is -1.45. The maximum atomic E-state index is 13.5. The van der Waals surface area contributed by atoms with Crippen LogP contribution < -0.4 is 15.0 Å². The number of nitrogens with one attached hydrogen (secondary N) is 1. The average molecular weight is 461 g/mol. The van der Waals surface area contributed by atoms with E-state index in [0.717, 1.165) is 46.9 Å². The zero-order valence-electron chi connectivity index (χ0n) is 19.2. The second-order valence-electron chi connectivity index (χ2n) is 8.00. The molecule has 3 aromatic rings. The Morgan fingerprint density at radius 2 is 1.97 bits per heavy atom. The van der Waals surface area contributed by atoms with Gasteiger partial charge in [-0.05, 0) is 62.6 Å². The first-order chi connectivity index (χ1) is 16.0. The molecule has 1 atom stereocenters. The molecule has 0 saturated heterocycles. The number of ether oxygens (including phenoxy) is 1. The van der Waals surface area contributed by atoms with Crippen molar-refractivity contribution in [1.29, 1.82) is 5.26 Å². The van der Waals surface area contributed by atoms with Crippen LogP contribution in [0.4, 0.5) is 11.4 Å². The highest BCUT2D eigenvalue weighted by atomic mass is 32.2. The molecule has 0 spiro atoms. The van der Waals surface area contributed by atoms with Gasteiger partial charge in [-0.3, -0.25) is 0 Å². The molecule has 0 radical (unpaired) electrons. The number of aromatic nitrogens is 1. The molecular formula is C26H28N4O2S. The van der Waals surface area contributed by atoms with Gasteiger partial charge in [-0.1, -0.05) is 36.4 Å². The minimum absolute atomic E-state index is 0.240. The fourth-order valence-corrected chi connectivity index (χ4v) is 5.40. The Morgan fingerprint density at radius 3 is 2.70 bits per heavy atom. The number of benzene rings is 2. The van der Waals surface area contributed by atoms with Gasteiger partial charge in [-0.25, -0.2) is 9.19 Å². The van der Waals surface area contributed by atoms with Crippen LogP contribution in [0.15, 0.2) is 58.5 Å². The number of nitrogens with zero attached hydrogens (tertiary/aromatic N) is 3. The molecule has 6 nitrogen and oxygen atoms in total. The fraction of sp³-hybridized carbons (Fsp3) is 0.308. The SMILES string of the molecule is CCOc1nc2c(cc1C#N)N(CCCNCc1ccccc1)c1c(ccc(C)c1C)S2=O. The van der Waals surface area contributed by atoms with Crippen LogP contribution in [0.25, 0.3) is 0 Å². The predicted octanol–water partition coefficient (Wildman–Crippen LogP) is 4.77. The molecule has 7 heteroatoms. The van der Waals surface area contributed by atoms with Gasteiger partial charge in [0.15, 0.2) is 5.03 Å². The molecule has 0 bridgehead atoms. The monoisotopic (exact) mass is 460 g/mol. The normalized spacial score (nSPS) is 14.4. The smallest absolute Gasteiger partial charge is 0.232 e. The molecule has 4 rings (SSSR count). The molecule has 2 aromatic carbocycles. The van der Waals surface area contributed by atoms with Crippen molar-refractivity contribution in [1.82, 2.24) is 10.3 Å². The van der Waals surface area contributed by atoms with Crippen LogP contribution in [0.1, 0.15) is 35.6 Å². The average Bonchev–Trinajstić information content (AvgIpc) is 2.83. The maximum Gasteiger partial charge on any atom is 0.232 e. The third kappa shape index (κ3) is 4.63. The number of aryl methyl sites for hydroxylation is 1. The number of anilines is 2. The van der Waals surface area contributed by atoms with Crippen LogP contribution in [0.3, 0.4) is 0 Å². The number of fused-ring (bicyclic) bond motifs is 2. The lowest BCUT2D eigenvalue weighted by molar-refractivity contribution is 0.323. The minimum Gasteiger partial charge on any atom is -0.477 e. The molecule has 0 amide bonds. The molecule has 1 N–H and O–H groups in total. The summed E-state index contributed by atoms with van der Waals surface area (Å²) in [5, 5.41) is 13.6. The van der Waals surface area contributed by atoms with E-state index < -0.39 is 10.8 Å². The highest BCUT2D eigenvalue weighted by Gasteiger charge is 2.32. The predicted molar refractivity (Wildman–Crippen MR) is 130 cm³/mol. The first-order valence-corrected chi connectivity index (χ1v) is 12.3. The molecule has 1 aromatic heterocycles. The van der Waals surface area contributed by atoms with E-state index in [-0.39, 0.29) is 5.88 Å². The van der Waals surface area contributed by atoms with Crippen LogP contribution in [-0.2, 0) is 17.3 Å². The zero-order valence-corrected chi connectivity index (χ0v) is 20.0. The first kappa shape index (κ1) is 23.0. The highest BCUT2D eigenvalue weighted by Crippen LogP contribution is 2.45. The summed E-state index contributed by atoms with van der Waals surface area (Å²) in [5.41, 5.74) is 5.51. The Balaban J connectivity index is 1.64. The third-order valence-corrected chi connectivity index (χ3v) is 7.22. The quantitative estimate of drug-likeness (QED) is 0.488. The Kier molecular flexibility index (Phi) is 7.07. The van der Waals surface area contributed by atoms with Crippen molar-refractivity contribution in [3.8, 4) is 11.9 Å². The molecule has 1 unspecified atom stereocenters. The van der Waals surface area contributed by atoms with Gasteiger partial charge in [0.05, 0.1) is 22.9 Å². The Labute approximate surface area is 197 Å². The lowest BCUT2D eigenvalue weighted by atomic mass is 10.1. The van der Waals surface area contributed by atoms with Crippen LogP contribution in [-0.4, -0.2) is 28.9 Å². The summed E-state index contributed by atoms with van der Waals surface area (Å²) in [7, 11) is -1.45. The molecule has 1 aliphatic rings. The molecule has 2 heterocycles. The number of pyridine rings is 1. The Morgan fingerprint density at radius 1 is 1.18 bits per heavy atom. The topological polar surface area (TPSA) is 78.2 Å². The molecule has 33 heavy (non-hydrogen) atoms. The Hall–Kier alpha value is -3.21. The molecule has 0 aliphatic carbocycles. The van der Waals surface area contributed by atoms with Gasteiger partial charge in [-0.2, -0.15) is 5.26 Å². The largest absolute Gasteiger partial charge is 0.477 e. The summed E-state index contributed by atoms with van der Waals surface area (Å²) in [6, 6.07) is 18.2. The van der Waals surface area contributed by atoms with Gasteiger partial charge in [0.25, 0.3) is 0 Å². The number of rotatable bonds is 8. The summed E-state index contributed by atoms with van der Waals surface area (Å²) >= 11 is 0. The molecule has 170 valence electrons. The van der Waals surface area contributed by atoms with Crippen LogP contribution in [0, 0.1) is 25.2 Å². The van der Waals surface area contributed by atoms with Crippen LogP contribution >= 0.6 is 0 Å². The number of nitriles is 1. The van der Waals surface area contributed by atoms with Gasteiger partial charge in [0.2, 0.25) is 5.88 Å². The molecule has 1 aliphatic heterocycles. The zero-order chi connectivity index (χ0) is 23.4. The van der Waals surface area contributed by atoms with Crippen molar-refractivity contribution in [2.75, 3.05) is 24.6 Å². The van der Waals surface area contributed by atoms with Crippen molar-refractivity contribution >= 4 is 22.2 Å². The van der Waals surface area contributed by atoms with E-state index >= 15 is 0 Å². The van der Waals surface area contributed by atoms with Crippen molar-refractivity contribution in [2.45, 2.75) is 43.7 Å². The summed E-state index contributed by atoms with van der Waals surface area (Å²) in [5.74, 6) is 0.240. The van der Waals surface area contributed by atoms with E-state index in [9.17, 15) is 9.47 Å². The molecule has 0 fully saturated rings. The van der Waals surface area contributed by atoms with Crippen LogP contribution in [0.5, 0.6) is 5.88 Å². The van der Waals surface area contributed by atoms with Crippen molar-refractivity contribution in [2.24, 2.45) is 0 Å². The first-order valence-electron chi connectivity index (χ1n) is 11.2. The van der Waals surface area contributed by atoms with E-state index in [4.69, 9.17) is 4.74 Å². The van der Waals surface area contributed by atoms with Gasteiger partial charge < -0.3 is 15.0 Å². The molecular weight excluding hydrogens is 432 g/mol. The Bertz CT molecular complexity index is 1220. The standard InChI is InChI=1S/C26H28N4O2S/c1-4-32-25-21(16-27)15-22-26(29-25)33(31)23-12-11-18(2)19(3)24(23)30(22)14-8-13-28-17-20-9-6-5-7-10-20/h5-7,9-12,15,28H,4,8,13-14,17H2,1-3H3. The van der Waals surface area contributed by atoms with Gasteiger partial charge >= 0.3 is 0 Å². The summed E-state index contributed by atoms with van der Waals surface area (Å²) in [6.07, 6.45) is 0.876. The number of hydrogen-bond donors (Lipinski definition) is 1. The van der Waals surface area contributed by atoms with Gasteiger partial charge in [0.1, 0.15) is 22.4 Å². The van der Waals surface area contributed by atoms with E-state index in [2.05, 4.69) is 47.3 Å². The lowest BCUT2D eigenvalue weighted by Gasteiger charge is -2.34. The summed E-state index contributed by atoms with van der Waals surface area (Å²) in [4.78, 5) is 7.46. The second-order valence-corrected chi connectivity index (χ2v) is 9.36. The second kappa shape index (κ2) is 10.2. The van der Waals surface area contributed by atoms with Gasteiger partial charge in [-0.15, -0.1) is 0 Å². The van der Waals surface area contributed by atoms with E-state index in [0.29, 0.717) is 23.7 Å².